The van der Waals surface area contributed by atoms with Crippen molar-refractivity contribution in [1.82, 2.24) is 0 Å². The molecule has 1 N–H and O–H groups in total. The highest BCUT2D eigenvalue weighted by molar-refractivity contribution is 5.97. The molecule has 0 amide bonds. The summed E-state index contributed by atoms with van der Waals surface area (Å²) in [5.74, 6) is 1.32. The van der Waals surface area contributed by atoms with Crippen molar-refractivity contribution >= 4 is 12.0 Å². The van der Waals surface area contributed by atoms with E-state index in [4.69, 9.17) is 9.57 Å². The zero-order valence-corrected chi connectivity index (χ0v) is 19.5. The summed E-state index contributed by atoms with van der Waals surface area (Å²) >= 11 is 0. The lowest BCUT2D eigenvalue weighted by atomic mass is 9.76. The van der Waals surface area contributed by atoms with Crippen molar-refractivity contribution in [1.29, 1.82) is 0 Å². The van der Waals surface area contributed by atoms with Crippen LogP contribution in [0.4, 0.5) is 0 Å². The van der Waals surface area contributed by atoms with Crippen LogP contribution in [-0.4, -0.2) is 29.3 Å². The third-order valence-electron chi connectivity index (χ3n) is 6.48. The van der Waals surface area contributed by atoms with Crippen LogP contribution in [0.3, 0.4) is 0 Å². The number of allylic oxidation sites excluding steroid dienone is 2. The van der Waals surface area contributed by atoms with E-state index < -0.39 is 0 Å². The van der Waals surface area contributed by atoms with Crippen molar-refractivity contribution in [3.05, 3.63) is 51.8 Å². The summed E-state index contributed by atoms with van der Waals surface area (Å²) in [4.78, 5) is 17.9. The SMILES string of the molecule is C=CCON=CCCCC1=C(O)CC(c2c(C)c(C)c3c(c2C)CC(C)(C)O3)CC1=O. The maximum atomic E-state index is 12.9. The van der Waals surface area contributed by atoms with Gasteiger partial charge in [0, 0.05) is 36.6 Å². The Morgan fingerprint density at radius 2 is 1.97 bits per heavy atom. The van der Waals surface area contributed by atoms with Crippen molar-refractivity contribution in [3.63, 3.8) is 0 Å². The van der Waals surface area contributed by atoms with Gasteiger partial charge in [-0.15, -0.1) is 0 Å². The highest BCUT2D eigenvalue weighted by atomic mass is 16.6. The molecule has 0 radical (unpaired) electrons. The number of carbonyl (C=O) groups is 1. The average molecular weight is 426 g/mol. The molecule has 1 aromatic carbocycles. The number of unbranched alkanes of at least 4 members (excludes halogenated alkanes) is 1. The summed E-state index contributed by atoms with van der Waals surface area (Å²) in [7, 11) is 0. The number of ketones is 1. The number of hydrogen-bond donors (Lipinski definition) is 1. The number of fused-ring (bicyclic) bond motifs is 1. The predicted octanol–water partition coefficient (Wildman–Crippen LogP) is 5.94. The molecule has 0 saturated carbocycles. The number of aliphatic hydroxyl groups is 1. The summed E-state index contributed by atoms with van der Waals surface area (Å²) in [6.07, 6.45) is 7.17. The van der Waals surface area contributed by atoms with Gasteiger partial charge in [0.15, 0.2) is 5.78 Å². The van der Waals surface area contributed by atoms with Crippen LogP contribution in [0.15, 0.2) is 29.1 Å². The number of Topliss-reactive ketones (excluding diaryl/α,β-unsaturated/α-hetero) is 1. The molecule has 3 rings (SSSR count). The van der Waals surface area contributed by atoms with E-state index in [1.54, 1.807) is 12.3 Å². The number of nitrogens with zero attached hydrogens (tertiary/aromatic N) is 1. The maximum absolute atomic E-state index is 12.9. The second-order valence-corrected chi connectivity index (χ2v) is 9.35. The standard InChI is InChI=1S/C26H35NO4/c1-7-12-30-27-11-9-8-10-20-22(28)13-19(14-23(20)29)24-16(2)17(3)25-21(18(24)4)15-26(5,6)31-25/h7,11,19,28H,1,8-10,12-15H2,2-6H3. The van der Waals surface area contributed by atoms with Gasteiger partial charge in [0.2, 0.25) is 0 Å². The van der Waals surface area contributed by atoms with E-state index in [2.05, 4.69) is 46.4 Å². The van der Waals surface area contributed by atoms with E-state index in [0.717, 1.165) is 24.2 Å². The number of benzene rings is 1. The summed E-state index contributed by atoms with van der Waals surface area (Å²) in [6, 6.07) is 0. The second-order valence-electron chi connectivity index (χ2n) is 9.35. The molecule has 1 aliphatic heterocycles. The highest BCUT2D eigenvalue weighted by Gasteiger charge is 2.37. The molecule has 2 aliphatic rings. The maximum Gasteiger partial charge on any atom is 0.162 e. The van der Waals surface area contributed by atoms with Gasteiger partial charge in [0.25, 0.3) is 0 Å². The van der Waals surface area contributed by atoms with Gasteiger partial charge < -0.3 is 14.7 Å². The van der Waals surface area contributed by atoms with Crippen molar-refractivity contribution in [2.75, 3.05) is 6.61 Å². The molecule has 1 unspecified atom stereocenters. The molecule has 0 aromatic heterocycles. The summed E-state index contributed by atoms with van der Waals surface area (Å²) in [5, 5.41) is 14.6. The van der Waals surface area contributed by atoms with E-state index in [1.165, 1.54) is 22.3 Å². The quantitative estimate of drug-likeness (QED) is 0.242. The Morgan fingerprint density at radius 1 is 1.23 bits per heavy atom. The Hall–Kier alpha value is -2.56. The lowest BCUT2D eigenvalue weighted by Gasteiger charge is -2.28. The first-order chi connectivity index (χ1) is 14.7. The van der Waals surface area contributed by atoms with Crippen molar-refractivity contribution in [2.24, 2.45) is 5.16 Å². The van der Waals surface area contributed by atoms with Gasteiger partial charge in [-0.3, -0.25) is 4.79 Å². The molecule has 5 nitrogen and oxygen atoms in total. The number of carbonyl (C=O) groups excluding carboxylic acids is 1. The van der Waals surface area contributed by atoms with Gasteiger partial charge in [0.05, 0.1) is 5.76 Å². The molecule has 0 saturated heterocycles. The van der Waals surface area contributed by atoms with Gasteiger partial charge in [0.1, 0.15) is 18.0 Å². The minimum Gasteiger partial charge on any atom is -0.512 e. The molecular weight excluding hydrogens is 390 g/mol. The van der Waals surface area contributed by atoms with Gasteiger partial charge in [-0.05, 0) is 82.1 Å². The monoisotopic (exact) mass is 425 g/mol. The minimum atomic E-state index is -0.208. The largest absolute Gasteiger partial charge is 0.512 e. The van der Waals surface area contributed by atoms with E-state index in [9.17, 15) is 9.90 Å². The van der Waals surface area contributed by atoms with Crippen LogP contribution in [0, 0.1) is 20.8 Å². The van der Waals surface area contributed by atoms with Crippen LogP contribution in [0.5, 0.6) is 5.75 Å². The molecule has 5 heteroatoms. The van der Waals surface area contributed by atoms with E-state index in [1.807, 2.05) is 0 Å². The summed E-state index contributed by atoms with van der Waals surface area (Å²) in [5.41, 5.74) is 6.38. The van der Waals surface area contributed by atoms with Crippen LogP contribution in [0.1, 0.15) is 79.7 Å². The first-order valence-electron chi connectivity index (χ1n) is 11.2. The molecule has 1 aliphatic carbocycles. The first kappa shape index (κ1) is 23.1. The number of aliphatic hydroxyl groups excluding tert-OH is 1. The van der Waals surface area contributed by atoms with Gasteiger partial charge in [-0.25, -0.2) is 0 Å². The van der Waals surface area contributed by atoms with Crippen LogP contribution in [-0.2, 0) is 16.1 Å². The second kappa shape index (κ2) is 9.29. The number of hydrogen-bond acceptors (Lipinski definition) is 5. The predicted molar refractivity (Wildman–Crippen MR) is 124 cm³/mol. The fraction of sp³-hybridized carbons (Fsp3) is 0.538. The number of ether oxygens (including phenoxy) is 1. The fourth-order valence-electron chi connectivity index (χ4n) is 4.91. The third-order valence-corrected chi connectivity index (χ3v) is 6.48. The van der Waals surface area contributed by atoms with Gasteiger partial charge in [-0.2, -0.15) is 0 Å². The molecule has 1 atom stereocenters. The Balaban J connectivity index is 1.76. The average Bonchev–Trinajstić information content (AvgIpc) is 3.03. The van der Waals surface area contributed by atoms with Crippen molar-refractivity contribution < 1.29 is 19.5 Å². The fourth-order valence-corrected chi connectivity index (χ4v) is 4.91. The molecule has 0 bridgehead atoms. The molecule has 168 valence electrons. The summed E-state index contributed by atoms with van der Waals surface area (Å²) < 4.78 is 6.22. The van der Waals surface area contributed by atoms with E-state index >= 15 is 0 Å². The molecule has 31 heavy (non-hydrogen) atoms. The normalized spacial score (nSPS) is 20.2. The van der Waals surface area contributed by atoms with Crippen molar-refractivity contribution in [2.45, 2.75) is 84.7 Å². The molecular formula is C26H35NO4. The Morgan fingerprint density at radius 3 is 2.65 bits per heavy atom. The third kappa shape index (κ3) is 4.86. The van der Waals surface area contributed by atoms with Crippen LogP contribution >= 0.6 is 0 Å². The van der Waals surface area contributed by atoms with Gasteiger partial charge in [-0.1, -0.05) is 17.8 Å². The van der Waals surface area contributed by atoms with E-state index in [0.29, 0.717) is 37.9 Å². The minimum absolute atomic E-state index is 0.0119. The molecule has 0 fully saturated rings. The zero-order valence-electron chi connectivity index (χ0n) is 19.5. The van der Waals surface area contributed by atoms with Gasteiger partial charge >= 0.3 is 0 Å². The highest BCUT2D eigenvalue weighted by Crippen LogP contribution is 2.47. The zero-order chi connectivity index (χ0) is 22.8. The Kier molecular flexibility index (Phi) is 6.93. The topological polar surface area (TPSA) is 68.1 Å². The molecule has 1 heterocycles. The lowest BCUT2D eigenvalue weighted by molar-refractivity contribution is -0.116. The number of rotatable bonds is 8. The Labute approximate surface area is 185 Å². The van der Waals surface area contributed by atoms with Crippen molar-refractivity contribution in [3.8, 4) is 5.75 Å². The van der Waals surface area contributed by atoms with Crippen LogP contribution < -0.4 is 4.74 Å². The van der Waals surface area contributed by atoms with Crippen LogP contribution in [0.2, 0.25) is 0 Å². The molecule has 1 aromatic rings. The summed E-state index contributed by atoms with van der Waals surface area (Å²) in [6.45, 7) is 14.5. The molecule has 0 spiro atoms. The number of oxime groups is 1. The first-order valence-corrected chi connectivity index (χ1v) is 11.2. The lowest BCUT2D eigenvalue weighted by Crippen LogP contribution is -2.25. The Bertz CT molecular complexity index is 939. The smallest absolute Gasteiger partial charge is 0.162 e. The van der Waals surface area contributed by atoms with Crippen LogP contribution in [0.25, 0.3) is 0 Å². The van der Waals surface area contributed by atoms with E-state index in [-0.39, 0.29) is 23.1 Å².